The summed E-state index contributed by atoms with van der Waals surface area (Å²) in [6.07, 6.45) is 3.94. The smallest absolute Gasteiger partial charge is 0.115 e. The van der Waals surface area contributed by atoms with Gasteiger partial charge in [-0.3, -0.25) is 0 Å². The zero-order chi connectivity index (χ0) is 10.7. The number of phenols is 1. The Labute approximate surface area is 88.1 Å². The van der Waals surface area contributed by atoms with E-state index in [9.17, 15) is 5.11 Å². The van der Waals surface area contributed by atoms with Crippen LogP contribution >= 0.6 is 0 Å². The maximum Gasteiger partial charge on any atom is 0.115 e. The van der Waals surface area contributed by atoms with Gasteiger partial charge in [-0.25, -0.2) is 0 Å². The van der Waals surface area contributed by atoms with Gasteiger partial charge in [0.1, 0.15) is 5.75 Å². The highest BCUT2D eigenvalue weighted by atomic mass is 16.3. The van der Waals surface area contributed by atoms with Crippen LogP contribution in [0, 0.1) is 0 Å². The zero-order valence-corrected chi connectivity index (χ0v) is 8.26. The van der Waals surface area contributed by atoms with Crippen LogP contribution in [0.5, 0.6) is 5.75 Å². The first-order valence-electron chi connectivity index (χ1n) is 4.81. The summed E-state index contributed by atoms with van der Waals surface area (Å²) < 4.78 is 4.97. The number of hydrogen-bond donors (Lipinski definition) is 2. The monoisotopic (exact) mass is 203 g/mol. The van der Waals surface area contributed by atoms with Crippen molar-refractivity contribution >= 4 is 0 Å². The van der Waals surface area contributed by atoms with Crippen LogP contribution in [0.3, 0.4) is 0 Å². The lowest BCUT2D eigenvalue weighted by atomic mass is 10.0. The topological polar surface area (TPSA) is 59.4 Å². The minimum absolute atomic E-state index is 0.0921. The van der Waals surface area contributed by atoms with E-state index in [-0.39, 0.29) is 11.8 Å². The third-order valence-corrected chi connectivity index (χ3v) is 2.34. The summed E-state index contributed by atoms with van der Waals surface area (Å²) >= 11 is 0. The third-order valence-electron chi connectivity index (χ3n) is 2.34. The lowest BCUT2D eigenvalue weighted by molar-refractivity contribution is 0.474. The van der Waals surface area contributed by atoms with Gasteiger partial charge >= 0.3 is 0 Å². The molecule has 15 heavy (non-hydrogen) atoms. The first-order chi connectivity index (χ1) is 7.25. The van der Waals surface area contributed by atoms with E-state index in [1.54, 1.807) is 24.7 Å². The SMILES string of the molecule is NC(Cc1cccc(O)c1)c1ccoc1. The molecule has 0 fully saturated rings. The summed E-state index contributed by atoms with van der Waals surface area (Å²) in [5.41, 5.74) is 7.97. The predicted octanol–water partition coefficient (Wildman–Crippen LogP) is 2.23. The molecule has 78 valence electrons. The molecule has 1 unspecified atom stereocenters. The molecule has 1 aromatic heterocycles. The van der Waals surface area contributed by atoms with Crippen LogP contribution in [0.15, 0.2) is 47.3 Å². The average molecular weight is 203 g/mol. The van der Waals surface area contributed by atoms with E-state index in [0.29, 0.717) is 6.42 Å². The molecule has 1 heterocycles. The molecule has 1 atom stereocenters. The number of benzene rings is 1. The lowest BCUT2D eigenvalue weighted by Crippen LogP contribution is -2.12. The maximum absolute atomic E-state index is 9.30. The molecular formula is C12H13NO2. The van der Waals surface area contributed by atoms with Gasteiger partial charge in [0.15, 0.2) is 0 Å². The molecule has 0 aliphatic carbocycles. The van der Waals surface area contributed by atoms with E-state index in [1.807, 2.05) is 18.2 Å². The first-order valence-corrected chi connectivity index (χ1v) is 4.81. The van der Waals surface area contributed by atoms with E-state index in [1.165, 1.54) is 0 Å². The number of phenolic OH excluding ortho intramolecular Hbond substituents is 1. The summed E-state index contributed by atoms with van der Waals surface area (Å²) in [6, 6.07) is 8.89. The highest BCUT2D eigenvalue weighted by Gasteiger charge is 2.08. The van der Waals surface area contributed by atoms with Crippen LogP contribution in [-0.4, -0.2) is 5.11 Å². The molecule has 0 bridgehead atoms. The van der Waals surface area contributed by atoms with Crippen molar-refractivity contribution < 1.29 is 9.52 Å². The van der Waals surface area contributed by atoms with Crippen molar-refractivity contribution in [3.63, 3.8) is 0 Å². The van der Waals surface area contributed by atoms with Crippen LogP contribution < -0.4 is 5.73 Å². The van der Waals surface area contributed by atoms with E-state index in [0.717, 1.165) is 11.1 Å². The van der Waals surface area contributed by atoms with Gasteiger partial charge in [-0.2, -0.15) is 0 Å². The summed E-state index contributed by atoms with van der Waals surface area (Å²) in [6.45, 7) is 0. The number of furan rings is 1. The van der Waals surface area contributed by atoms with Crippen LogP contribution in [0.25, 0.3) is 0 Å². The van der Waals surface area contributed by atoms with Crippen molar-refractivity contribution in [1.82, 2.24) is 0 Å². The van der Waals surface area contributed by atoms with Gasteiger partial charge in [-0.05, 0) is 30.2 Å². The fraction of sp³-hybridized carbons (Fsp3) is 0.167. The van der Waals surface area contributed by atoms with Crippen molar-refractivity contribution in [2.45, 2.75) is 12.5 Å². The normalized spacial score (nSPS) is 12.6. The fourth-order valence-corrected chi connectivity index (χ4v) is 1.54. The van der Waals surface area contributed by atoms with Gasteiger partial charge in [-0.1, -0.05) is 12.1 Å². The van der Waals surface area contributed by atoms with Gasteiger partial charge in [0.2, 0.25) is 0 Å². The standard InChI is InChI=1S/C12H13NO2/c13-12(10-4-5-15-8-10)7-9-2-1-3-11(14)6-9/h1-6,8,12,14H,7,13H2. The van der Waals surface area contributed by atoms with Crippen molar-refractivity contribution in [3.8, 4) is 5.75 Å². The van der Waals surface area contributed by atoms with E-state index < -0.39 is 0 Å². The average Bonchev–Trinajstić information content (AvgIpc) is 2.70. The van der Waals surface area contributed by atoms with Crippen LogP contribution in [0.4, 0.5) is 0 Å². The Hall–Kier alpha value is -1.74. The second-order valence-corrected chi connectivity index (χ2v) is 3.54. The van der Waals surface area contributed by atoms with Crippen molar-refractivity contribution in [3.05, 3.63) is 54.0 Å². The number of hydrogen-bond acceptors (Lipinski definition) is 3. The van der Waals surface area contributed by atoms with Crippen molar-refractivity contribution in [2.75, 3.05) is 0 Å². The minimum Gasteiger partial charge on any atom is -0.508 e. The molecule has 3 N–H and O–H groups in total. The molecule has 2 aromatic rings. The molecule has 0 saturated heterocycles. The second-order valence-electron chi connectivity index (χ2n) is 3.54. The molecule has 3 nitrogen and oxygen atoms in total. The maximum atomic E-state index is 9.30. The number of aromatic hydroxyl groups is 1. The van der Waals surface area contributed by atoms with Crippen molar-refractivity contribution in [2.24, 2.45) is 5.73 Å². The van der Waals surface area contributed by atoms with Crippen LogP contribution in [0.2, 0.25) is 0 Å². The highest BCUT2D eigenvalue weighted by molar-refractivity contribution is 5.28. The molecule has 2 rings (SSSR count). The molecule has 0 aliphatic heterocycles. The van der Waals surface area contributed by atoms with Crippen LogP contribution in [-0.2, 0) is 6.42 Å². The summed E-state index contributed by atoms with van der Waals surface area (Å²) in [4.78, 5) is 0. The van der Waals surface area contributed by atoms with E-state index >= 15 is 0 Å². The lowest BCUT2D eigenvalue weighted by Gasteiger charge is -2.09. The van der Waals surface area contributed by atoms with Gasteiger partial charge in [0.05, 0.1) is 12.5 Å². The molecule has 3 heteroatoms. The van der Waals surface area contributed by atoms with Gasteiger partial charge in [0.25, 0.3) is 0 Å². The third kappa shape index (κ3) is 2.39. The summed E-state index contributed by atoms with van der Waals surface area (Å²) in [7, 11) is 0. The fourth-order valence-electron chi connectivity index (χ4n) is 1.54. The van der Waals surface area contributed by atoms with Gasteiger partial charge in [-0.15, -0.1) is 0 Å². The highest BCUT2D eigenvalue weighted by Crippen LogP contribution is 2.18. The Balaban J connectivity index is 2.09. The Bertz CT molecular complexity index is 423. The Morgan fingerprint density at radius 2 is 2.20 bits per heavy atom. The summed E-state index contributed by atoms with van der Waals surface area (Å²) in [5, 5.41) is 9.30. The van der Waals surface area contributed by atoms with E-state index in [4.69, 9.17) is 10.2 Å². The largest absolute Gasteiger partial charge is 0.508 e. The Kier molecular flexibility index (Phi) is 2.74. The Morgan fingerprint density at radius 1 is 1.33 bits per heavy atom. The first kappa shape index (κ1) is 9.80. The Morgan fingerprint density at radius 3 is 2.87 bits per heavy atom. The molecule has 0 spiro atoms. The second kappa shape index (κ2) is 4.19. The molecule has 0 amide bonds. The van der Waals surface area contributed by atoms with Crippen LogP contribution in [0.1, 0.15) is 17.2 Å². The molecule has 0 radical (unpaired) electrons. The van der Waals surface area contributed by atoms with E-state index in [2.05, 4.69) is 0 Å². The predicted molar refractivity (Wildman–Crippen MR) is 57.4 cm³/mol. The number of rotatable bonds is 3. The van der Waals surface area contributed by atoms with Crippen molar-refractivity contribution in [1.29, 1.82) is 0 Å². The summed E-state index contributed by atoms with van der Waals surface area (Å²) in [5.74, 6) is 0.270. The van der Waals surface area contributed by atoms with Gasteiger partial charge < -0.3 is 15.3 Å². The number of nitrogens with two attached hydrogens (primary N) is 1. The molecule has 1 aromatic carbocycles. The minimum atomic E-state index is -0.0921. The molecular weight excluding hydrogens is 190 g/mol. The van der Waals surface area contributed by atoms with Gasteiger partial charge in [0, 0.05) is 11.6 Å². The zero-order valence-electron chi connectivity index (χ0n) is 8.26. The molecule has 0 aliphatic rings. The quantitative estimate of drug-likeness (QED) is 0.804. The molecule has 0 saturated carbocycles.